The smallest absolute Gasteiger partial charge is 0.340 e. The van der Waals surface area contributed by atoms with Gasteiger partial charge in [0, 0.05) is 15.3 Å². The Labute approximate surface area is 116 Å². The van der Waals surface area contributed by atoms with Crippen LogP contribution in [0, 0.1) is 3.57 Å². The quantitative estimate of drug-likeness (QED) is 0.459. The van der Waals surface area contributed by atoms with Gasteiger partial charge in [0.25, 0.3) is 6.43 Å². The van der Waals surface area contributed by atoms with Crippen LogP contribution >= 0.6 is 34.2 Å². The van der Waals surface area contributed by atoms with E-state index in [2.05, 4.69) is 4.98 Å². The van der Waals surface area contributed by atoms with Gasteiger partial charge in [-0.25, -0.2) is 13.6 Å². The second-order valence-corrected chi connectivity index (χ2v) is 4.43. The van der Waals surface area contributed by atoms with E-state index in [4.69, 9.17) is 16.3 Å². The molecule has 0 saturated heterocycles. The normalized spacial score (nSPS) is 10.7. The van der Waals surface area contributed by atoms with Crippen molar-refractivity contribution in [2.45, 2.75) is 19.2 Å². The molecule has 0 N–H and O–H groups in total. The monoisotopic (exact) mass is 375 g/mol. The number of nitrogens with zero attached hydrogens (tertiary/aromatic N) is 1. The lowest BCUT2D eigenvalue weighted by Gasteiger charge is -2.12. The predicted molar refractivity (Wildman–Crippen MR) is 67.4 cm³/mol. The van der Waals surface area contributed by atoms with Crippen molar-refractivity contribution in [3.63, 3.8) is 0 Å². The van der Waals surface area contributed by atoms with E-state index in [-0.39, 0.29) is 32.9 Å². The van der Waals surface area contributed by atoms with Crippen molar-refractivity contribution in [1.82, 2.24) is 4.98 Å². The minimum absolute atomic E-state index is 0.106. The van der Waals surface area contributed by atoms with E-state index >= 15 is 0 Å². The standard InChI is InChI=1S/C10H9ClF2INO2/c1-2-17-10(16)8-6(3-11)15-4-5(14)7(8)9(12)13/h4,9H,2-3H2,1H3. The molecule has 0 aromatic carbocycles. The van der Waals surface area contributed by atoms with E-state index in [1.54, 1.807) is 29.5 Å². The summed E-state index contributed by atoms with van der Waals surface area (Å²) < 4.78 is 30.8. The van der Waals surface area contributed by atoms with Crippen molar-refractivity contribution in [1.29, 1.82) is 0 Å². The Morgan fingerprint density at radius 2 is 2.29 bits per heavy atom. The molecule has 1 aromatic rings. The molecular formula is C10H9ClF2INO2. The van der Waals surface area contributed by atoms with E-state index in [9.17, 15) is 13.6 Å². The van der Waals surface area contributed by atoms with Crippen molar-refractivity contribution in [3.8, 4) is 0 Å². The highest BCUT2D eigenvalue weighted by Crippen LogP contribution is 2.30. The zero-order valence-corrected chi connectivity index (χ0v) is 11.8. The van der Waals surface area contributed by atoms with Crippen molar-refractivity contribution >= 4 is 40.2 Å². The molecule has 17 heavy (non-hydrogen) atoms. The number of carbonyl (C=O) groups excluding carboxylic acids is 1. The van der Waals surface area contributed by atoms with Gasteiger partial charge in [0.05, 0.1) is 23.7 Å². The first-order chi connectivity index (χ1) is 8.02. The van der Waals surface area contributed by atoms with Crippen molar-refractivity contribution < 1.29 is 18.3 Å². The molecule has 0 fully saturated rings. The van der Waals surface area contributed by atoms with Crippen LogP contribution in [0.5, 0.6) is 0 Å². The molecule has 0 amide bonds. The Morgan fingerprint density at radius 3 is 2.76 bits per heavy atom. The maximum Gasteiger partial charge on any atom is 0.340 e. The zero-order valence-electron chi connectivity index (χ0n) is 8.84. The van der Waals surface area contributed by atoms with Crippen LogP contribution in [0.2, 0.25) is 0 Å². The number of aromatic nitrogens is 1. The number of halogens is 4. The summed E-state index contributed by atoms with van der Waals surface area (Å²) in [7, 11) is 0. The molecule has 7 heteroatoms. The van der Waals surface area contributed by atoms with Crippen LogP contribution in [0.15, 0.2) is 6.20 Å². The molecular weight excluding hydrogens is 366 g/mol. The second-order valence-electron chi connectivity index (χ2n) is 3.00. The van der Waals surface area contributed by atoms with Crippen LogP contribution in [0.4, 0.5) is 8.78 Å². The van der Waals surface area contributed by atoms with Gasteiger partial charge in [-0.05, 0) is 29.5 Å². The topological polar surface area (TPSA) is 39.2 Å². The summed E-state index contributed by atoms with van der Waals surface area (Å²) >= 11 is 7.29. The van der Waals surface area contributed by atoms with E-state index < -0.39 is 12.4 Å². The molecule has 0 atom stereocenters. The summed E-state index contributed by atoms with van der Waals surface area (Å²) in [4.78, 5) is 15.5. The Hall–Kier alpha value is -0.500. The van der Waals surface area contributed by atoms with Crippen LogP contribution in [0.25, 0.3) is 0 Å². The lowest BCUT2D eigenvalue weighted by molar-refractivity contribution is 0.0513. The number of pyridine rings is 1. The molecule has 0 bridgehead atoms. The van der Waals surface area contributed by atoms with Crippen molar-refractivity contribution in [3.05, 3.63) is 26.6 Å². The molecule has 0 aliphatic rings. The first-order valence-corrected chi connectivity index (χ1v) is 6.32. The fourth-order valence-electron chi connectivity index (χ4n) is 1.29. The van der Waals surface area contributed by atoms with E-state index in [1.165, 1.54) is 6.20 Å². The van der Waals surface area contributed by atoms with Crippen LogP contribution in [-0.2, 0) is 10.6 Å². The van der Waals surface area contributed by atoms with Gasteiger partial charge in [0.2, 0.25) is 0 Å². The fourth-order valence-corrected chi connectivity index (χ4v) is 2.14. The Kier molecular flexibility index (Phi) is 5.51. The average Bonchev–Trinajstić information content (AvgIpc) is 2.28. The van der Waals surface area contributed by atoms with E-state index in [0.29, 0.717) is 0 Å². The van der Waals surface area contributed by atoms with Gasteiger partial charge in [-0.2, -0.15) is 0 Å². The average molecular weight is 376 g/mol. The van der Waals surface area contributed by atoms with Crippen molar-refractivity contribution in [2.24, 2.45) is 0 Å². The molecule has 0 aliphatic heterocycles. The summed E-state index contributed by atoms with van der Waals surface area (Å²) in [5, 5.41) is 0. The minimum atomic E-state index is -2.77. The molecule has 0 unspecified atom stereocenters. The highest BCUT2D eigenvalue weighted by Gasteiger charge is 2.26. The molecule has 3 nitrogen and oxygen atoms in total. The predicted octanol–water partition coefficient (Wildman–Crippen LogP) is 3.54. The number of hydrogen-bond donors (Lipinski definition) is 0. The third kappa shape index (κ3) is 3.25. The van der Waals surface area contributed by atoms with Crippen LogP contribution in [-0.4, -0.2) is 17.6 Å². The molecule has 0 saturated carbocycles. The highest BCUT2D eigenvalue weighted by atomic mass is 127. The van der Waals surface area contributed by atoms with Gasteiger partial charge in [-0.1, -0.05) is 0 Å². The maximum atomic E-state index is 12.9. The Balaban J connectivity index is 3.40. The van der Waals surface area contributed by atoms with Gasteiger partial charge in [-0.15, -0.1) is 11.6 Å². The molecule has 94 valence electrons. The minimum Gasteiger partial charge on any atom is -0.462 e. The Bertz CT molecular complexity index is 429. The summed E-state index contributed by atoms with van der Waals surface area (Å²) in [6.45, 7) is 1.70. The second kappa shape index (κ2) is 6.44. The lowest BCUT2D eigenvalue weighted by atomic mass is 10.1. The first kappa shape index (κ1) is 14.6. The molecule has 1 rings (SSSR count). The third-order valence-electron chi connectivity index (χ3n) is 1.97. The van der Waals surface area contributed by atoms with Crippen LogP contribution < -0.4 is 0 Å². The maximum absolute atomic E-state index is 12.9. The van der Waals surface area contributed by atoms with Crippen LogP contribution in [0.1, 0.15) is 35.0 Å². The molecule has 1 aromatic heterocycles. The molecule has 0 spiro atoms. The van der Waals surface area contributed by atoms with E-state index in [1.807, 2.05) is 0 Å². The summed E-state index contributed by atoms with van der Waals surface area (Å²) in [6, 6.07) is 0. The number of esters is 1. The summed E-state index contributed by atoms with van der Waals surface area (Å²) in [6.07, 6.45) is -1.51. The van der Waals surface area contributed by atoms with Gasteiger partial charge in [-0.3, -0.25) is 4.98 Å². The summed E-state index contributed by atoms with van der Waals surface area (Å²) in [5.41, 5.74) is -0.473. The largest absolute Gasteiger partial charge is 0.462 e. The first-order valence-electron chi connectivity index (χ1n) is 4.71. The number of hydrogen-bond acceptors (Lipinski definition) is 3. The van der Waals surface area contributed by atoms with Crippen molar-refractivity contribution in [2.75, 3.05) is 6.61 Å². The molecule has 1 heterocycles. The number of carbonyl (C=O) groups is 1. The zero-order chi connectivity index (χ0) is 13.0. The van der Waals surface area contributed by atoms with Gasteiger partial charge >= 0.3 is 5.97 Å². The summed E-state index contributed by atoms with van der Waals surface area (Å²) in [5.74, 6) is -0.936. The van der Waals surface area contributed by atoms with Crippen LogP contribution in [0.3, 0.4) is 0 Å². The van der Waals surface area contributed by atoms with Gasteiger partial charge in [0.15, 0.2) is 0 Å². The molecule has 0 aliphatic carbocycles. The highest BCUT2D eigenvalue weighted by molar-refractivity contribution is 14.1. The molecule has 0 radical (unpaired) electrons. The lowest BCUT2D eigenvalue weighted by Crippen LogP contribution is -2.14. The fraction of sp³-hybridized carbons (Fsp3) is 0.400. The van der Waals surface area contributed by atoms with E-state index in [0.717, 1.165) is 0 Å². The van der Waals surface area contributed by atoms with Gasteiger partial charge < -0.3 is 4.74 Å². The number of alkyl halides is 3. The number of ether oxygens (including phenoxy) is 1. The number of rotatable bonds is 4. The van der Waals surface area contributed by atoms with Gasteiger partial charge in [0.1, 0.15) is 0 Å². The third-order valence-corrected chi connectivity index (χ3v) is 3.09. The Morgan fingerprint density at radius 1 is 1.65 bits per heavy atom. The SMILES string of the molecule is CCOC(=O)c1c(CCl)ncc(I)c1C(F)F.